The standard InChI is InChI=1S/C15H22BrNO2/c1-10(2)6-12(9-17)14(18)8-11-7-13(16)4-5-15(11)19-3/h4-5,7,10,12H,6,8-9,17H2,1-3H3. The van der Waals surface area contributed by atoms with E-state index in [0.717, 1.165) is 22.2 Å². The van der Waals surface area contributed by atoms with Crippen molar-refractivity contribution in [2.45, 2.75) is 26.7 Å². The van der Waals surface area contributed by atoms with Crippen LogP contribution in [-0.4, -0.2) is 19.4 Å². The molecule has 0 aliphatic rings. The molecule has 1 aromatic carbocycles. The first-order chi connectivity index (χ1) is 8.97. The van der Waals surface area contributed by atoms with Gasteiger partial charge in [0.1, 0.15) is 11.5 Å². The van der Waals surface area contributed by atoms with Gasteiger partial charge in [-0.1, -0.05) is 29.8 Å². The van der Waals surface area contributed by atoms with Crippen molar-refractivity contribution in [2.75, 3.05) is 13.7 Å². The smallest absolute Gasteiger partial charge is 0.141 e. The number of ether oxygens (including phenoxy) is 1. The van der Waals surface area contributed by atoms with Crippen molar-refractivity contribution in [2.24, 2.45) is 17.6 Å². The van der Waals surface area contributed by atoms with E-state index in [2.05, 4.69) is 29.8 Å². The third kappa shape index (κ3) is 4.96. The Labute approximate surface area is 123 Å². The molecule has 106 valence electrons. The molecule has 1 unspecified atom stereocenters. The highest BCUT2D eigenvalue weighted by Gasteiger charge is 2.19. The van der Waals surface area contributed by atoms with E-state index in [1.165, 1.54) is 0 Å². The number of methoxy groups -OCH3 is 1. The molecule has 0 bridgehead atoms. The SMILES string of the molecule is COc1ccc(Br)cc1CC(=O)C(CN)CC(C)C. The number of carbonyl (C=O) groups is 1. The van der Waals surface area contributed by atoms with Crippen LogP contribution in [0.25, 0.3) is 0 Å². The molecule has 0 saturated heterocycles. The highest BCUT2D eigenvalue weighted by molar-refractivity contribution is 9.10. The van der Waals surface area contributed by atoms with Gasteiger partial charge in [0, 0.05) is 28.9 Å². The summed E-state index contributed by atoms with van der Waals surface area (Å²) < 4.78 is 6.24. The van der Waals surface area contributed by atoms with Gasteiger partial charge >= 0.3 is 0 Å². The molecule has 0 amide bonds. The highest BCUT2D eigenvalue weighted by atomic mass is 79.9. The van der Waals surface area contributed by atoms with Crippen molar-refractivity contribution in [1.29, 1.82) is 0 Å². The zero-order valence-corrected chi connectivity index (χ0v) is 13.4. The Balaban J connectivity index is 2.83. The average molecular weight is 328 g/mol. The topological polar surface area (TPSA) is 52.3 Å². The van der Waals surface area contributed by atoms with Crippen LogP contribution in [0.2, 0.25) is 0 Å². The lowest BCUT2D eigenvalue weighted by Gasteiger charge is -2.17. The number of nitrogens with two attached hydrogens (primary N) is 1. The first kappa shape index (κ1) is 16.2. The lowest BCUT2D eigenvalue weighted by molar-refractivity contribution is -0.122. The second kappa shape index (κ2) is 7.65. The summed E-state index contributed by atoms with van der Waals surface area (Å²) in [7, 11) is 1.62. The van der Waals surface area contributed by atoms with E-state index in [0.29, 0.717) is 18.9 Å². The number of hydrogen-bond acceptors (Lipinski definition) is 3. The van der Waals surface area contributed by atoms with Crippen LogP contribution >= 0.6 is 15.9 Å². The van der Waals surface area contributed by atoms with E-state index in [-0.39, 0.29) is 11.7 Å². The average Bonchev–Trinajstić information content (AvgIpc) is 2.35. The van der Waals surface area contributed by atoms with E-state index in [9.17, 15) is 4.79 Å². The molecule has 0 aromatic heterocycles. The third-order valence-corrected chi connectivity index (χ3v) is 3.60. The predicted octanol–water partition coefficient (Wildman–Crippen LogP) is 3.19. The lowest BCUT2D eigenvalue weighted by atomic mass is 9.90. The summed E-state index contributed by atoms with van der Waals surface area (Å²) in [5.74, 6) is 1.34. The Morgan fingerprint density at radius 2 is 2.11 bits per heavy atom. The molecule has 3 nitrogen and oxygen atoms in total. The van der Waals surface area contributed by atoms with E-state index in [1.54, 1.807) is 7.11 Å². The fourth-order valence-corrected chi connectivity index (χ4v) is 2.55. The Morgan fingerprint density at radius 1 is 1.42 bits per heavy atom. The minimum atomic E-state index is -0.0660. The van der Waals surface area contributed by atoms with Crippen LogP contribution < -0.4 is 10.5 Å². The molecule has 1 aromatic rings. The highest BCUT2D eigenvalue weighted by Crippen LogP contribution is 2.25. The van der Waals surface area contributed by atoms with Gasteiger partial charge < -0.3 is 10.5 Å². The number of ketones is 1. The number of halogens is 1. The summed E-state index contributed by atoms with van der Waals surface area (Å²) in [6.07, 6.45) is 1.21. The van der Waals surface area contributed by atoms with E-state index >= 15 is 0 Å². The molecule has 0 spiro atoms. The van der Waals surface area contributed by atoms with Crippen molar-refractivity contribution in [3.63, 3.8) is 0 Å². The normalized spacial score (nSPS) is 12.5. The zero-order chi connectivity index (χ0) is 14.4. The van der Waals surface area contributed by atoms with Crippen LogP contribution in [0, 0.1) is 11.8 Å². The number of Topliss-reactive ketones (excluding diaryl/α,β-unsaturated/α-hetero) is 1. The maximum absolute atomic E-state index is 12.3. The third-order valence-electron chi connectivity index (χ3n) is 3.10. The van der Waals surface area contributed by atoms with Gasteiger partial charge in [-0.05, 0) is 30.5 Å². The lowest BCUT2D eigenvalue weighted by Crippen LogP contribution is -2.26. The van der Waals surface area contributed by atoms with Gasteiger partial charge in [0.15, 0.2) is 0 Å². The molecular weight excluding hydrogens is 306 g/mol. The van der Waals surface area contributed by atoms with Gasteiger partial charge in [-0.2, -0.15) is 0 Å². The summed E-state index contributed by atoms with van der Waals surface area (Å²) in [5.41, 5.74) is 6.62. The van der Waals surface area contributed by atoms with E-state index in [4.69, 9.17) is 10.5 Å². The van der Waals surface area contributed by atoms with Crippen LogP contribution in [0.15, 0.2) is 22.7 Å². The van der Waals surface area contributed by atoms with Crippen LogP contribution in [0.5, 0.6) is 5.75 Å². The monoisotopic (exact) mass is 327 g/mol. The second-order valence-electron chi connectivity index (χ2n) is 5.16. The van der Waals surface area contributed by atoms with E-state index < -0.39 is 0 Å². The van der Waals surface area contributed by atoms with Gasteiger partial charge in [-0.25, -0.2) is 0 Å². The largest absolute Gasteiger partial charge is 0.496 e. The summed E-state index contributed by atoms with van der Waals surface area (Å²) >= 11 is 3.42. The van der Waals surface area contributed by atoms with Crippen LogP contribution in [0.3, 0.4) is 0 Å². The molecule has 4 heteroatoms. The first-order valence-electron chi connectivity index (χ1n) is 6.53. The van der Waals surface area contributed by atoms with Crippen LogP contribution in [0.4, 0.5) is 0 Å². The van der Waals surface area contributed by atoms with Gasteiger partial charge in [-0.3, -0.25) is 4.79 Å². The molecule has 0 saturated carbocycles. The molecule has 0 aliphatic carbocycles. The zero-order valence-electron chi connectivity index (χ0n) is 11.8. The summed E-state index contributed by atoms with van der Waals surface area (Å²) in [4.78, 5) is 12.3. The van der Waals surface area contributed by atoms with Crippen molar-refractivity contribution in [3.8, 4) is 5.75 Å². The number of hydrogen-bond donors (Lipinski definition) is 1. The Morgan fingerprint density at radius 3 is 2.63 bits per heavy atom. The van der Waals surface area contributed by atoms with E-state index in [1.807, 2.05) is 18.2 Å². The second-order valence-corrected chi connectivity index (χ2v) is 6.08. The molecule has 0 heterocycles. The van der Waals surface area contributed by atoms with Gasteiger partial charge in [0.2, 0.25) is 0 Å². The maximum Gasteiger partial charge on any atom is 0.141 e. The van der Waals surface area contributed by atoms with Gasteiger partial charge in [0.25, 0.3) is 0 Å². The summed E-state index contributed by atoms with van der Waals surface area (Å²) in [6, 6.07) is 5.70. The van der Waals surface area contributed by atoms with Crippen molar-refractivity contribution >= 4 is 21.7 Å². The molecular formula is C15H22BrNO2. The Hall–Kier alpha value is -0.870. The molecule has 1 rings (SSSR count). The van der Waals surface area contributed by atoms with Gasteiger partial charge in [0.05, 0.1) is 7.11 Å². The molecule has 0 aliphatic heterocycles. The number of rotatable bonds is 7. The minimum absolute atomic E-state index is 0.0660. The fraction of sp³-hybridized carbons (Fsp3) is 0.533. The number of benzene rings is 1. The van der Waals surface area contributed by atoms with Crippen LogP contribution in [-0.2, 0) is 11.2 Å². The van der Waals surface area contributed by atoms with Crippen LogP contribution in [0.1, 0.15) is 25.8 Å². The van der Waals surface area contributed by atoms with Crippen molar-refractivity contribution in [1.82, 2.24) is 0 Å². The Bertz CT molecular complexity index is 432. The maximum atomic E-state index is 12.3. The Kier molecular flexibility index (Phi) is 6.52. The molecule has 0 fully saturated rings. The summed E-state index contributed by atoms with van der Waals surface area (Å²) in [5, 5.41) is 0. The first-order valence-corrected chi connectivity index (χ1v) is 7.32. The summed E-state index contributed by atoms with van der Waals surface area (Å²) in [6.45, 7) is 4.62. The molecule has 0 radical (unpaired) electrons. The fourth-order valence-electron chi connectivity index (χ4n) is 2.15. The molecule has 19 heavy (non-hydrogen) atoms. The molecule has 1 atom stereocenters. The molecule has 2 N–H and O–H groups in total. The quantitative estimate of drug-likeness (QED) is 0.836. The van der Waals surface area contributed by atoms with Gasteiger partial charge in [-0.15, -0.1) is 0 Å². The van der Waals surface area contributed by atoms with Crippen molar-refractivity contribution < 1.29 is 9.53 Å². The van der Waals surface area contributed by atoms with Crippen molar-refractivity contribution in [3.05, 3.63) is 28.2 Å². The predicted molar refractivity (Wildman–Crippen MR) is 81.4 cm³/mol. The number of carbonyl (C=O) groups excluding carboxylic acids is 1. The minimum Gasteiger partial charge on any atom is -0.496 e.